The Balaban J connectivity index is 2.74. The van der Waals surface area contributed by atoms with Gasteiger partial charge < -0.3 is 0 Å². The van der Waals surface area contributed by atoms with Crippen LogP contribution >= 0.6 is 23.8 Å². The summed E-state index contributed by atoms with van der Waals surface area (Å²) in [6, 6.07) is 7.00. The molecule has 0 spiro atoms. The number of benzene rings is 1. The van der Waals surface area contributed by atoms with Gasteiger partial charge in [-0.3, -0.25) is 0 Å². The first kappa shape index (κ1) is 9.01. The molecule has 1 rings (SSSR count). The van der Waals surface area contributed by atoms with Crippen LogP contribution in [0.4, 0.5) is 0 Å². The van der Waals surface area contributed by atoms with Gasteiger partial charge in [0.15, 0.2) is 0 Å². The molecule has 0 amide bonds. The van der Waals surface area contributed by atoms with Crippen LogP contribution in [0.25, 0.3) is 0 Å². The average molecular weight is 251 g/mol. The SMILES string of the molecule is S=C([Se])Oc1ccc(Cl)cc1. The second-order valence-corrected chi connectivity index (χ2v) is 3.97. The van der Waals surface area contributed by atoms with Gasteiger partial charge in [-0.2, -0.15) is 0 Å². The van der Waals surface area contributed by atoms with E-state index in [0.717, 1.165) is 0 Å². The van der Waals surface area contributed by atoms with E-state index in [4.69, 9.17) is 28.6 Å². The summed E-state index contributed by atoms with van der Waals surface area (Å²) < 4.78 is 5.47. The fourth-order valence-electron chi connectivity index (χ4n) is 0.599. The van der Waals surface area contributed by atoms with Gasteiger partial charge in [0.1, 0.15) is 0 Å². The molecule has 0 aliphatic heterocycles. The second-order valence-electron chi connectivity index (χ2n) is 1.81. The van der Waals surface area contributed by atoms with Crippen molar-refractivity contribution in [3.05, 3.63) is 29.3 Å². The molecule has 57 valence electrons. The molecule has 1 aromatic carbocycles. The molecule has 1 aromatic rings. The van der Waals surface area contributed by atoms with Crippen LogP contribution in [0.15, 0.2) is 24.3 Å². The third kappa shape index (κ3) is 3.21. The summed E-state index contributed by atoms with van der Waals surface area (Å²) >= 11 is 12.9. The van der Waals surface area contributed by atoms with Gasteiger partial charge in [0.2, 0.25) is 0 Å². The van der Waals surface area contributed by atoms with Gasteiger partial charge in [-0.15, -0.1) is 0 Å². The molecule has 0 aliphatic rings. The zero-order chi connectivity index (χ0) is 8.27. The standard InChI is InChI=1S/C7H4ClOSSe/c8-5-1-3-6(4-2-5)9-7(10)11/h1-4H. The summed E-state index contributed by atoms with van der Waals surface area (Å²) in [5.41, 5.74) is 0. The summed E-state index contributed by atoms with van der Waals surface area (Å²) in [4.78, 5) is 0. The van der Waals surface area contributed by atoms with Gasteiger partial charge in [-0.25, -0.2) is 0 Å². The van der Waals surface area contributed by atoms with E-state index in [1.54, 1.807) is 24.3 Å². The minimum absolute atomic E-state index is 0.382. The van der Waals surface area contributed by atoms with Gasteiger partial charge in [-0.05, 0) is 0 Å². The summed E-state index contributed by atoms with van der Waals surface area (Å²) in [5, 5.41) is 0.684. The van der Waals surface area contributed by atoms with Crippen molar-refractivity contribution in [1.29, 1.82) is 0 Å². The maximum absolute atomic E-state index is 5.65. The van der Waals surface area contributed by atoms with Crippen molar-refractivity contribution in [3.8, 4) is 5.75 Å². The minimum atomic E-state index is 0.382. The number of halogens is 1. The van der Waals surface area contributed by atoms with Crippen LogP contribution in [0.1, 0.15) is 0 Å². The number of ether oxygens (including phenoxy) is 1. The Labute approximate surface area is 83.5 Å². The Hall–Kier alpha value is -0.0805. The van der Waals surface area contributed by atoms with E-state index >= 15 is 0 Å². The van der Waals surface area contributed by atoms with Gasteiger partial charge in [0.25, 0.3) is 0 Å². The van der Waals surface area contributed by atoms with Crippen molar-refractivity contribution in [2.75, 3.05) is 0 Å². The van der Waals surface area contributed by atoms with Crippen molar-refractivity contribution in [2.24, 2.45) is 0 Å². The molecule has 4 heteroatoms. The van der Waals surface area contributed by atoms with E-state index < -0.39 is 0 Å². The Kier molecular flexibility index (Phi) is 3.34. The molecule has 0 saturated heterocycles. The van der Waals surface area contributed by atoms with Crippen molar-refractivity contribution in [2.45, 2.75) is 0 Å². The normalized spacial score (nSPS) is 9.18. The van der Waals surface area contributed by atoms with Gasteiger partial charge in [-0.1, -0.05) is 0 Å². The van der Waals surface area contributed by atoms with Crippen molar-refractivity contribution >= 4 is 43.8 Å². The molecule has 11 heavy (non-hydrogen) atoms. The van der Waals surface area contributed by atoms with Crippen LogP contribution in [-0.2, 0) is 0 Å². The van der Waals surface area contributed by atoms with Crippen LogP contribution < -0.4 is 4.74 Å². The molecule has 0 saturated carbocycles. The molecule has 0 fully saturated rings. The van der Waals surface area contributed by atoms with Crippen LogP contribution in [0.2, 0.25) is 5.02 Å². The van der Waals surface area contributed by atoms with E-state index in [2.05, 4.69) is 16.0 Å². The first-order chi connectivity index (χ1) is 5.18. The van der Waals surface area contributed by atoms with E-state index in [0.29, 0.717) is 14.7 Å². The Bertz CT molecular complexity index is 260. The molecule has 1 radical (unpaired) electrons. The predicted molar refractivity (Wildman–Crippen MR) is 50.4 cm³/mol. The summed E-state index contributed by atoms with van der Waals surface area (Å²) in [6.07, 6.45) is 0. The average Bonchev–Trinajstić information content (AvgIpc) is 1.93. The number of hydrogen-bond acceptors (Lipinski definition) is 2. The first-order valence-corrected chi connectivity index (χ1v) is 4.47. The first-order valence-electron chi connectivity index (χ1n) is 2.83. The third-order valence-corrected chi connectivity index (χ3v) is 1.52. The fraction of sp³-hybridized carbons (Fsp3) is 0. The molecule has 0 heterocycles. The Morgan fingerprint density at radius 2 is 1.91 bits per heavy atom. The van der Waals surface area contributed by atoms with Crippen molar-refractivity contribution in [1.82, 2.24) is 0 Å². The number of thiocarbonyl (C=S) groups is 1. The molecular formula is C7H4ClOSSe. The molecule has 0 atom stereocenters. The summed E-state index contributed by atoms with van der Waals surface area (Å²) in [5.74, 6) is 0.693. The van der Waals surface area contributed by atoms with E-state index in [9.17, 15) is 0 Å². The quantitative estimate of drug-likeness (QED) is 0.558. The molecule has 0 aliphatic carbocycles. The van der Waals surface area contributed by atoms with Crippen LogP contribution in [0.3, 0.4) is 0 Å². The third-order valence-electron chi connectivity index (χ3n) is 1.01. The topological polar surface area (TPSA) is 9.23 Å². The summed E-state index contributed by atoms with van der Waals surface area (Å²) in [7, 11) is 0. The summed E-state index contributed by atoms with van der Waals surface area (Å²) in [6.45, 7) is 0. The van der Waals surface area contributed by atoms with Gasteiger partial charge in [0, 0.05) is 0 Å². The molecular weight excluding hydrogens is 247 g/mol. The van der Waals surface area contributed by atoms with E-state index in [-0.39, 0.29) is 0 Å². The van der Waals surface area contributed by atoms with E-state index in [1.807, 2.05) is 0 Å². The number of rotatable bonds is 1. The molecule has 1 nitrogen and oxygen atoms in total. The zero-order valence-corrected chi connectivity index (χ0v) is 8.70. The van der Waals surface area contributed by atoms with Crippen molar-refractivity contribution < 1.29 is 4.74 Å². The van der Waals surface area contributed by atoms with E-state index in [1.165, 1.54) is 0 Å². The van der Waals surface area contributed by atoms with Gasteiger partial charge in [0.05, 0.1) is 0 Å². The molecule has 0 bridgehead atoms. The molecule has 0 aromatic heterocycles. The van der Waals surface area contributed by atoms with Crippen LogP contribution in [0.5, 0.6) is 5.75 Å². The zero-order valence-electron chi connectivity index (χ0n) is 5.41. The Morgan fingerprint density at radius 1 is 1.36 bits per heavy atom. The second kappa shape index (κ2) is 4.07. The van der Waals surface area contributed by atoms with Crippen molar-refractivity contribution in [3.63, 3.8) is 0 Å². The molecule has 0 N–H and O–H groups in total. The Morgan fingerprint density at radius 3 is 2.36 bits per heavy atom. The fourth-order valence-corrected chi connectivity index (χ4v) is 1.02. The maximum atomic E-state index is 5.65. The molecule has 0 unspecified atom stereocenters. The number of hydrogen-bond donors (Lipinski definition) is 0. The predicted octanol–water partition coefficient (Wildman–Crippen LogP) is 2.17. The van der Waals surface area contributed by atoms with Crippen LogP contribution in [-0.4, -0.2) is 20.0 Å². The van der Waals surface area contributed by atoms with Gasteiger partial charge >= 0.3 is 83.6 Å². The monoisotopic (exact) mass is 251 g/mol. The van der Waals surface area contributed by atoms with Crippen LogP contribution in [0, 0.1) is 0 Å².